The number of hydrogen-bond acceptors (Lipinski definition) is 2. The molecule has 2 N–H and O–H groups in total. The summed E-state index contributed by atoms with van der Waals surface area (Å²) in [7, 11) is 0. The van der Waals surface area contributed by atoms with E-state index in [1.807, 2.05) is 38.1 Å². The van der Waals surface area contributed by atoms with Gasteiger partial charge in [0.25, 0.3) is 0 Å². The Kier molecular flexibility index (Phi) is 4.54. The van der Waals surface area contributed by atoms with E-state index in [1.54, 1.807) is 0 Å². The Morgan fingerprint density at radius 2 is 2.12 bits per heavy atom. The van der Waals surface area contributed by atoms with Crippen LogP contribution >= 0.6 is 12.4 Å². The van der Waals surface area contributed by atoms with Gasteiger partial charge in [0.15, 0.2) is 0 Å². The number of carbonyl (C=O) groups is 1. The lowest BCUT2D eigenvalue weighted by molar-refractivity contribution is -0.123. The van der Waals surface area contributed by atoms with Gasteiger partial charge >= 0.3 is 0 Å². The molecule has 1 aliphatic heterocycles. The van der Waals surface area contributed by atoms with Gasteiger partial charge in [-0.25, -0.2) is 0 Å². The van der Waals surface area contributed by atoms with Gasteiger partial charge in [-0.2, -0.15) is 0 Å². The molecular formula is C13H19ClN2O. The lowest BCUT2D eigenvalue weighted by atomic mass is 9.88. The summed E-state index contributed by atoms with van der Waals surface area (Å²) in [6.07, 6.45) is 0.907. The molecule has 1 amide bonds. The van der Waals surface area contributed by atoms with Gasteiger partial charge in [-0.3, -0.25) is 4.79 Å². The predicted molar refractivity (Wildman–Crippen MR) is 72.7 cm³/mol. The van der Waals surface area contributed by atoms with Crippen molar-refractivity contribution in [1.29, 1.82) is 0 Å². The molecule has 1 atom stereocenters. The molecule has 0 spiro atoms. The molecule has 2 rings (SSSR count). The molecule has 4 heteroatoms. The normalized spacial score (nSPS) is 22.9. The van der Waals surface area contributed by atoms with Crippen molar-refractivity contribution in [1.82, 2.24) is 5.32 Å². The van der Waals surface area contributed by atoms with Crippen LogP contribution in [0.2, 0.25) is 0 Å². The second-order valence-electron chi connectivity index (χ2n) is 4.76. The molecule has 1 aromatic rings. The number of para-hydroxylation sites is 1. The first-order valence-corrected chi connectivity index (χ1v) is 5.70. The second kappa shape index (κ2) is 5.52. The monoisotopic (exact) mass is 254 g/mol. The number of amides is 1. The molecule has 17 heavy (non-hydrogen) atoms. The first-order valence-electron chi connectivity index (χ1n) is 5.70. The van der Waals surface area contributed by atoms with Gasteiger partial charge in [0.1, 0.15) is 0 Å². The summed E-state index contributed by atoms with van der Waals surface area (Å²) in [6.45, 7) is 5.72. The minimum atomic E-state index is -0.262. The first kappa shape index (κ1) is 14.0. The summed E-state index contributed by atoms with van der Waals surface area (Å²) in [5.41, 5.74) is 1.76. The maximum Gasteiger partial charge on any atom is 0.231 e. The Morgan fingerprint density at radius 1 is 1.41 bits per heavy atom. The van der Waals surface area contributed by atoms with Crippen LogP contribution in [0.25, 0.3) is 0 Å². The quantitative estimate of drug-likeness (QED) is 0.851. The van der Waals surface area contributed by atoms with Crippen molar-refractivity contribution in [3.8, 4) is 0 Å². The van der Waals surface area contributed by atoms with Crippen LogP contribution in [0, 0.1) is 12.3 Å². The van der Waals surface area contributed by atoms with Crippen LogP contribution in [0.4, 0.5) is 5.69 Å². The van der Waals surface area contributed by atoms with Gasteiger partial charge in [-0.1, -0.05) is 18.2 Å². The summed E-state index contributed by atoms with van der Waals surface area (Å²) in [6, 6.07) is 7.87. The van der Waals surface area contributed by atoms with E-state index in [0.717, 1.165) is 30.8 Å². The van der Waals surface area contributed by atoms with E-state index in [4.69, 9.17) is 0 Å². The summed E-state index contributed by atoms with van der Waals surface area (Å²) in [5, 5.41) is 6.25. The minimum Gasteiger partial charge on any atom is -0.325 e. The summed E-state index contributed by atoms with van der Waals surface area (Å²) >= 11 is 0. The number of hydrogen-bond donors (Lipinski definition) is 2. The molecule has 1 aliphatic rings. The smallest absolute Gasteiger partial charge is 0.231 e. The van der Waals surface area contributed by atoms with Gasteiger partial charge in [0, 0.05) is 12.2 Å². The third kappa shape index (κ3) is 2.99. The lowest BCUT2D eigenvalue weighted by Gasteiger charge is -2.22. The summed E-state index contributed by atoms with van der Waals surface area (Å²) < 4.78 is 0. The van der Waals surface area contributed by atoms with Gasteiger partial charge in [-0.15, -0.1) is 12.4 Å². The van der Waals surface area contributed by atoms with E-state index in [1.165, 1.54) is 0 Å². The number of nitrogens with one attached hydrogen (secondary N) is 2. The van der Waals surface area contributed by atoms with E-state index in [9.17, 15) is 4.79 Å². The molecule has 1 fully saturated rings. The summed E-state index contributed by atoms with van der Waals surface area (Å²) in [4.78, 5) is 12.1. The van der Waals surface area contributed by atoms with Crippen LogP contribution in [-0.2, 0) is 4.79 Å². The highest BCUT2D eigenvalue weighted by atomic mass is 35.5. The molecular weight excluding hydrogens is 236 g/mol. The van der Waals surface area contributed by atoms with E-state index in [2.05, 4.69) is 10.6 Å². The van der Waals surface area contributed by atoms with Crippen LogP contribution in [0.3, 0.4) is 0 Å². The number of rotatable bonds is 2. The van der Waals surface area contributed by atoms with Gasteiger partial charge < -0.3 is 10.6 Å². The molecule has 1 saturated heterocycles. The molecule has 1 aromatic carbocycles. The SMILES string of the molecule is Cc1ccccc1NC(=O)C1(C)CCNC1.Cl. The molecule has 3 nitrogen and oxygen atoms in total. The van der Waals surface area contributed by atoms with E-state index >= 15 is 0 Å². The van der Waals surface area contributed by atoms with Gasteiger partial charge in [0.2, 0.25) is 5.91 Å². The maximum absolute atomic E-state index is 12.1. The molecule has 1 unspecified atom stereocenters. The van der Waals surface area contributed by atoms with Crippen LogP contribution in [0.15, 0.2) is 24.3 Å². The largest absolute Gasteiger partial charge is 0.325 e. The fourth-order valence-corrected chi connectivity index (χ4v) is 2.00. The van der Waals surface area contributed by atoms with Crippen molar-refractivity contribution in [3.63, 3.8) is 0 Å². The predicted octanol–water partition coefficient (Wildman–Crippen LogP) is 2.35. The van der Waals surface area contributed by atoms with E-state index < -0.39 is 0 Å². The Bertz CT molecular complexity index is 400. The average molecular weight is 255 g/mol. The van der Waals surface area contributed by atoms with Crippen LogP contribution in [0.1, 0.15) is 18.9 Å². The molecule has 0 aliphatic carbocycles. The zero-order valence-electron chi connectivity index (χ0n) is 10.2. The zero-order chi connectivity index (χ0) is 11.6. The molecule has 0 saturated carbocycles. The van der Waals surface area contributed by atoms with Crippen LogP contribution < -0.4 is 10.6 Å². The number of benzene rings is 1. The van der Waals surface area contributed by atoms with Crippen molar-refractivity contribution in [3.05, 3.63) is 29.8 Å². The highest BCUT2D eigenvalue weighted by Crippen LogP contribution is 2.27. The standard InChI is InChI=1S/C13H18N2O.ClH/c1-10-5-3-4-6-11(10)15-12(16)13(2)7-8-14-9-13;/h3-6,14H,7-9H2,1-2H3,(H,15,16);1H. The Balaban J connectivity index is 0.00000144. The molecule has 94 valence electrons. The van der Waals surface area contributed by atoms with Crippen LogP contribution in [0.5, 0.6) is 0 Å². The third-order valence-electron chi connectivity index (χ3n) is 3.31. The molecule has 0 aromatic heterocycles. The lowest BCUT2D eigenvalue weighted by Crippen LogP contribution is -2.35. The number of carbonyl (C=O) groups excluding carboxylic acids is 1. The number of halogens is 1. The first-order chi connectivity index (χ1) is 7.62. The second-order valence-corrected chi connectivity index (χ2v) is 4.76. The molecule has 0 bridgehead atoms. The maximum atomic E-state index is 12.1. The van der Waals surface area contributed by atoms with Crippen molar-refractivity contribution in [2.24, 2.45) is 5.41 Å². The highest BCUT2D eigenvalue weighted by Gasteiger charge is 2.36. The Labute approximate surface area is 108 Å². The topological polar surface area (TPSA) is 41.1 Å². The zero-order valence-corrected chi connectivity index (χ0v) is 11.1. The number of anilines is 1. The average Bonchev–Trinajstić information content (AvgIpc) is 2.70. The summed E-state index contributed by atoms with van der Waals surface area (Å²) in [5.74, 6) is 0.117. The fourth-order valence-electron chi connectivity index (χ4n) is 2.00. The van der Waals surface area contributed by atoms with Crippen molar-refractivity contribution < 1.29 is 4.79 Å². The molecule has 0 radical (unpaired) electrons. The number of aryl methyl sites for hydroxylation is 1. The van der Waals surface area contributed by atoms with Crippen LogP contribution in [-0.4, -0.2) is 19.0 Å². The third-order valence-corrected chi connectivity index (χ3v) is 3.31. The van der Waals surface area contributed by atoms with Crippen molar-refractivity contribution >= 4 is 24.0 Å². The van der Waals surface area contributed by atoms with Gasteiger partial charge in [0.05, 0.1) is 5.41 Å². The van der Waals surface area contributed by atoms with E-state index in [-0.39, 0.29) is 23.7 Å². The Morgan fingerprint density at radius 3 is 2.71 bits per heavy atom. The minimum absolute atomic E-state index is 0. The van der Waals surface area contributed by atoms with Crippen molar-refractivity contribution in [2.75, 3.05) is 18.4 Å². The highest BCUT2D eigenvalue weighted by molar-refractivity contribution is 5.96. The Hall–Kier alpha value is -1.06. The van der Waals surface area contributed by atoms with Gasteiger partial charge in [-0.05, 0) is 38.4 Å². The molecule has 1 heterocycles. The van der Waals surface area contributed by atoms with Crippen molar-refractivity contribution in [2.45, 2.75) is 20.3 Å². The van der Waals surface area contributed by atoms with E-state index in [0.29, 0.717) is 0 Å². The fraction of sp³-hybridized carbons (Fsp3) is 0.462.